The number of hydrogen-bond donors (Lipinski definition) is 1. The summed E-state index contributed by atoms with van der Waals surface area (Å²) in [6, 6.07) is 19.3. The number of piperidine rings is 2. The molecule has 2 saturated heterocycles. The Morgan fingerprint density at radius 1 is 0.629 bits per heavy atom. The topological polar surface area (TPSA) is 156 Å². The molecule has 2 amide bonds. The summed E-state index contributed by atoms with van der Waals surface area (Å²) in [5, 5.41) is 12.1. The van der Waals surface area contributed by atoms with Gasteiger partial charge in [-0.05, 0) is 165 Å². The number of ether oxygens (including phenoxy) is 2. The summed E-state index contributed by atoms with van der Waals surface area (Å²) in [7, 11) is 3.61. The monoisotopic (exact) mass is 968 g/mol. The lowest BCUT2D eigenvalue weighted by atomic mass is 9.91. The number of halogens is 1. The van der Waals surface area contributed by atoms with Crippen LogP contribution in [0.1, 0.15) is 154 Å². The molecule has 7 aromatic rings. The Kier molecular flexibility index (Phi) is 13.7. The molecule has 1 N–H and O–H groups in total. The SMILES string of the molecule is COC1CCC(n2c([C@@H]3CCCC(=O)N3)nc3cc(-c4c(C)noc4C)ccc32)CC1.COC1CCC(n2c([C@@H]3CCCC(=O)N3c3ccc(C)c(Cl)c3)nc3cc(-c4c(C)noc4C)ccc32)CC1. The molecule has 2 aliphatic carbocycles. The van der Waals surface area contributed by atoms with Crippen molar-refractivity contribution in [3.05, 3.63) is 99.7 Å². The van der Waals surface area contributed by atoms with Crippen molar-refractivity contribution in [2.45, 2.75) is 161 Å². The Morgan fingerprint density at radius 3 is 1.66 bits per heavy atom. The van der Waals surface area contributed by atoms with Crippen LogP contribution in [0.5, 0.6) is 0 Å². The summed E-state index contributed by atoms with van der Waals surface area (Å²) < 4.78 is 26.9. The maximum atomic E-state index is 13.5. The fourth-order valence-corrected chi connectivity index (χ4v) is 12.0. The molecule has 4 aromatic heterocycles. The number of amides is 2. The van der Waals surface area contributed by atoms with E-state index in [4.69, 9.17) is 40.1 Å². The fraction of sp³-hybridized carbons (Fsp3) is 0.491. The van der Waals surface area contributed by atoms with Gasteiger partial charge in [-0.3, -0.25) is 9.59 Å². The number of carbonyl (C=O) groups is 2. The standard InChI is InChI=1S/C31H35ClN4O3.C24H30N4O3/c1-18-8-10-23(17-25(18)32)35-28(6-5-7-29(35)37)31-33-26-16-21(30-19(2)34-39-20(30)3)9-15-27(26)36(31)22-11-13-24(38-4)14-12-22;1-14-23(15(2)31-27-14)16-7-12-21-20(13-16)26-24(19-5-4-6-22(29)25-19)28(21)17-8-10-18(30-3)11-9-17/h8-10,15-17,22,24,28H,5-7,11-14H2,1-4H3;7,12-13,17-19H,4-6,8-11H2,1-3H3,(H,25,29)/t22?,24?,28-;17?,18?,19-/m00/s1. The summed E-state index contributed by atoms with van der Waals surface area (Å²) in [5.74, 6) is 3.78. The third kappa shape index (κ3) is 9.18. The smallest absolute Gasteiger partial charge is 0.227 e. The van der Waals surface area contributed by atoms with Crippen LogP contribution in [0.3, 0.4) is 0 Å². The number of methoxy groups -OCH3 is 2. The van der Waals surface area contributed by atoms with Gasteiger partial charge in [0, 0.05) is 61.0 Å². The molecular formula is C55H65ClN8O6. The molecule has 0 spiro atoms. The minimum Gasteiger partial charge on any atom is -0.381 e. The summed E-state index contributed by atoms with van der Waals surface area (Å²) >= 11 is 6.53. The maximum Gasteiger partial charge on any atom is 0.227 e. The van der Waals surface area contributed by atoms with E-state index in [1.54, 1.807) is 14.2 Å². The van der Waals surface area contributed by atoms with Crippen LogP contribution in [0.4, 0.5) is 5.69 Å². The first-order valence-corrected chi connectivity index (χ1v) is 25.6. The van der Waals surface area contributed by atoms with Crippen molar-refractivity contribution < 1.29 is 28.1 Å². The van der Waals surface area contributed by atoms with E-state index < -0.39 is 0 Å². The van der Waals surface area contributed by atoms with Crippen LogP contribution in [0.25, 0.3) is 44.3 Å². The van der Waals surface area contributed by atoms with Crippen LogP contribution >= 0.6 is 11.6 Å². The maximum absolute atomic E-state index is 13.5. The predicted octanol–water partition coefficient (Wildman–Crippen LogP) is 12.4. The number of nitrogens with one attached hydrogen (secondary N) is 1. The van der Waals surface area contributed by atoms with Gasteiger partial charge in [-0.15, -0.1) is 0 Å². The van der Waals surface area contributed by atoms with Crippen LogP contribution < -0.4 is 10.2 Å². The van der Waals surface area contributed by atoms with Gasteiger partial charge in [0.25, 0.3) is 0 Å². The highest BCUT2D eigenvalue weighted by molar-refractivity contribution is 6.31. The van der Waals surface area contributed by atoms with E-state index in [9.17, 15) is 9.59 Å². The number of benzene rings is 3. The van der Waals surface area contributed by atoms with Crippen LogP contribution in [-0.2, 0) is 19.1 Å². The van der Waals surface area contributed by atoms with Crippen molar-refractivity contribution in [1.82, 2.24) is 34.7 Å². The number of carbonyl (C=O) groups excluding carboxylic acids is 2. The lowest BCUT2D eigenvalue weighted by molar-refractivity contribution is -0.123. The molecule has 11 rings (SSSR count). The Bertz CT molecular complexity index is 3000. The van der Waals surface area contributed by atoms with E-state index in [-0.39, 0.29) is 23.9 Å². The minimum absolute atomic E-state index is 0.0312. The number of aromatic nitrogens is 6. The molecule has 0 radical (unpaired) electrons. The number of rotatable bonds is 9. The zero-order valence-corrected chi connectivity index (χ0v) is 42.3. The van der Waals surface area contributed by atoms with E-state index in [1.165, 1.54) is 0 Å². The highest BCUT2D eigenvalue weighted by atomic mass is 35.5. The zero-order valence-electron chi connectivity index (χ0n) is 41.5. The second kappa shape index (κ2) is 20.1. The lowest BCUT2D eigenvalue weighted by Gasteiger charge is -2.37. The van der Waals surface area contributed by atoms with E-state index in [0.717, 1.165) is 167 Å². The summed E-state index contributed by atoms with van der Waals surface area (Å²) in [5.41, 5.74) is 11.8. The normalized spacial score (nSPS) is 23.2. The molecule has 70 heavy (non-hydrogen) atoms. The summed E-state index contributed by atoms with van der Waals surface area (Å²) in [4.78, 5) is 37.9. The molecule has 14 nitrogen and oxygen atoms in total. The summed E-state index contributed by atoms with van der Waals surface area (Å²) in [6.45, 7) is 9.79. The second-order valence-corrected chi connectivity index (χ2v) is 20.3. The number of imidazole rings is 2. The van der Waals surface area contributed by atoms with Crippen molar-refractivity contribution >= 4 is 51.2 Å². The van der Waals surface area contributed by atoms with Gasteiger partial charge in [0.15, 0.2) is 0 Å². The molecule has 2 saturated carbocycles. The van der Waals surface area contributed by atoms with Gasteiger partial charge < -0.3 is 37.9 Å². The number of nitrogens with zero attached hydrogens (tertiary/aromatic N) is 7. The van der Waals surface area contributed by atoms with Crippen molar-refractivity contribution in [1.29, 1.82) is 0 Å². The van der Waals surface area contributed by atoms with Crippen molar-refractivity contribution in [2.24, 2.45) is 0 Å². The average molecular weight is 970 g/mol. The highest BCUT2D eigenvalue weighted by Gasteiger charge is 2.37. The van der Waals surface area contributed by atoms with Crippen molar-refractivity contribution in [2.75, 3.05) is 19.1 Å². The largest absolute Gasteiger partial charge is 0.381 e. The Morgan fingerprint density at radius 2 is 1.16 bits per heavy atom. The van der Waals surface area contributed by atoms with E-state index in [1.807, 2.05) is 57.7 Å². The lowest BCUT2D eigenvalue weighted by Crippen LogP contribution is -2.40. The third-order valence-electron chi connectivity index (χ3n) is 15.5. The molecule has 368 valence electrons. The average Bonchev–Trinajstić information content (AvgIpc) is 4.13. The van der Waals surface area contributed by atoms with Gasteiger partial charge in [-0.25, -0.2) is 9.97 Å². The van der Waals surface area contributed by atoms with Crippen LogP contribution in [-0.4, -0.2) is 67.7 Å². The predicted molar refractivity (Wildman–Crippen MR) is 271 cm³/mol. The van der Waals surface area contributed by atoms with Gasteiger partial charge >= 0.3 is 0 Å². The first kappa shape index (κ1) is 47.8. The van der Waals surface area contributed by atoms with Gasteiger partial charge in [0.1, 0.15) is 23.2 Å². The Balaban J connectivity index is 0.000000166. The van der Waals surface area contributed by atoms with Crippen molar-refractivity contribution in [3.63, 3.8) is 0 Å². The second-order valence-electron chi connectivity index (χ2n) is 19.9. The Hall–Kier alpha value is -5.83. The molecule has 6 heterocycles. The minimum atomic E-state index is -0.167. The van der Waals surface area contributed by atoms with Gasteiger partial charge in [-0.1, -0.05) is 40.1 Å². The van der Waals surface area contributed by atoms with Crippen LogP contribution in [0, 0.1) is 34.6 Å². The van der Waals surface area contributed by atoms with Crippen LogP contribution in [0.2, 0.25) is 5.02 Å². The first-order chi connectivity index (χ1) is 33.9. The molecule has 2 aliphatic heterocycles. The van der Waals surface area contributed by atoms with Crippen molar-refractivity contribution in [3.8, 4) is 22.3 Å². The number of anilines is 1. The highest BCUT2D eigenvalue weighted by Crippen LogP contribution is 2.43. The quantitative estimate of drug-likeness (QED) is 0.148. The zero-order chi connectivity index (χ0) is 48.8. The number of fused-ring (bicyclic) bond motifs is 2. The van der Waals surface area contributed by atoms with Gasteiger partial charge in [0.2, 0.25) is 11.8 Å². The van der Waals surface area contributed by atoms with E-state index >= 15 is 0 Å². The molecule has 3 aromatic carbocycles. The molecule has 4 aliphatic rings. The van der Waals surface area contributed by atoms with E-state index in [2.05, 4.69) is 61.2 Å². The molecule has 2 atom stereocenters. The third-order valence-corrected chi connectivity index (χ3v) is 15.9. The first-order valence-electron chi connectivity index (χ1n) is 25.2. The summed E-state index contributed by atoms with van der Waals surface area (Å²) in [6.07, 6.45) is 13.6. The van der Waals surface area contributed by atoms with Gasteiger partial charge in [0.05, 0.1) is 57.7 Å². The Labute approximate surface area is 414 Å². The van der Waals surface area contributed by atoms with E-state index in [0.29, 0.717) is 42.2 Å². The van der Waals surface area contributed by atoms with Gasteiger partial charge in [-0.2, -0.15) is 0 Å². The molecule has 4 fully saturated rings. The fourth-order valence-electron chi connectivity index (χ4n) is 11.8. The molecular weight excluding hydrogens is 904 g/mol. The number of hydrogen-bond acceptors (Lipinski definition) is 10. The molecule has 0 unspecified atom stereocenters. The molecule has 0 bridgehead atoms. The van der Waals surface area contributed by atoms with Crippen LogP contribution in [0.15, 0.2) is 63.6 Å². The molecule has 15 heteroatoms. The number of aryl methyl sites for hydroxylation is 5.